The molecular weight excluding hydrogens is 420 g/mol. The maximum Gasteiger partial charge on any atom is 0.246 e. The number of nitrogens with one attached hydrogen (secondary N) is 1. The summed E-state index contributed by atoms with van der Waals surface area (Å²) in [5, 5.41) is 19.2. The highest BCUT2D eigenvalue weighted by Crippen LogP contribution is 2.41. The standard InChI is InChI=1S/C26H40N2O5/c1-9-26(10-2,24-27-20(14-33-24)17(4)18(5)23(30)28-31)19-11-12-21(16(3)13-19)32-15-22(29)25(6,7)8/h11-14,17-18,22,29,31H,9-10,15H2,1-8H3,(H,28,30). The molecule has 3 atom stereocenters. The first-order valence-corrected chi connectivity index (χ1v) is 11.7. The summed E-state index contributed by atoms with van der Waals surface area (Å²) < 4.78 is 11.9. The second-order valence-corrected chi connectivity index (χ2v) is 10.1. The van der Waals surface area contributed by atoms with Crippen molar-refractivity contribution >= 4 is 5.91 Å². The van der Waals surface area contributed by atoms with Crippen molar-refractivity contribution in [3.8, 4) is 5.75 Å². The largest absolute Gasteiger partial charge is 0.491 e. The molecule has 1 aromatic heterocycles. The van der Waals surface area contributed by atoms with Gasteiger partial charge in [0, 0.05) is 11.8 Å². The Morgan fingerprint density at radius 2 is 1.85 bits per heavy atom. The molecule has 33 heavy (non-hydrogen) atoms. The third-order valence-electron chi connectivity index (χ3n) is 7.00. The molecule has 1 heterocycles. The van der Waals surface area contributed by atoms with Crippen LogP contribution in [-0.4, -0.2) is 33.9 Å². The van der Waals surface area contributed by atoms with Gasteiger partial charge in [0.05, 0.1) is 17.2 Å². The number of hydrogen-bond acceptors (Lipinski definition) is 6. The van der Waals surface area contributed by atoms with Crippen molar-refractivity contribution in [1.29, 1.82) is 0 Å². The number of nitrogens with zero attached hydrogens (tertiary/aromatic N) is 1. The number of hydroxylamine groups is 1. The van der Waals surface area contributed by atoms with Gasteiger partial charge in [0.1, 0.15) is 18.6 Å². The number of carbonyl (C=O) groups excluding carboxylic acids is 1. The minimum absolute atomic E-state index is 0.215. The molecule has 0 spiro atoms. The summed E-state index contributed by atoms with van der Waals surface area (Å²) >= 11 is 0. The minimum atomic E-state index is -0.565. The second kappa shape index (κ2) is 10.7. The molecule has 0 saturated heterocycles. The third-order valence-corrected chi connectivity index (χ3v) is 7.00. The summed E-state index contributed by atoms with van der Waals surface area (Å²) in [6, 6.07) is 6.08. The van der Waals surface area contributed by atoms with Crippen LogP contribution in [0.2, 0.25) is 0 Å². The fourth-order valence-corrected chi connectivity index (χ4v) is 3.91. The SMILES string of the molecule is CCC(CC)(c1ccc(OCC(O)C(C)(C)C)c(C)c1)c1nc(C(C)C(C)C(=O)NO)co1. The lowest BCUT2D eigenvalue weighted by molar-refractivity contribution is -0.133. The molecular formula is C26H40N2O5. The van der Waals surface area contributed by atoms with E-state index < -0.39 is 23.3 Å². The normalized spacial score (nSPS) is 15.1. The zero-order valence-corrected chi connectivity index (χ0v) is 21.2. The third kappa shape index (κ3) is 5.76. The van der Waals surface area contributed by atoms with Crippen LogP contribution in [0.25, 0.3) is 0 Å². The van der Waals surface area contributed by atoms with Gasteiger partial charge in [0.25, 0.3) is 0 Å². The molecule has 3 N–H and O–H groups in total. The van der Waals surface area contributed by atoms with Gasteiger partial charge in [-0.3, -0.25) is 10.0 Å². The Hall–Kier alpha value is -2.38. The first kappa shape index (κ1) is 26.9. The van der Waals surface area contributed by atoms with Crippen LogP contribution in [-0.2, 0) is 10.2 Å². The molecule has 3 unspecified atom stereocenters. The van der Waals surface area contributed by atoms with E-state index in [9.17, 15) is 9.90 Å². The molecule has 184 valence electrons. The maximum absolute atomic E-state index is 11.8. The van der Waals surface area contributed by atoms with Crippen molar-refractivity contribution in [3.05, 3.63) is 47.2 Å². The number of aliphatic hydroxyl groups is 1. The number of amides is 1. The summed E-state index contributed by atoms with van der Waals surface area (Å²) in [4.78, 5) is 16.6. The highest BCUT2D eigenvalue weighted by molar-refractivity contribution is 5.77. The molecule has 0 aliphatic rings. The molecule has 1 amide bonds. The van der Waals surface area contributed by atoms with E-state index in [4.69, 9.17) is 19.3 Å². The highest BCUT2D eigenvalue weighted by atomic mass is 16.5. The number of rotatable bonds is 10. The van der Waals surface area contributed by atoms with E-state index >= 15 is 0 Å². The molecule has 1 aromatic carbocycles. The Kier molecular flexibility index (Phi) is 8.71. The lowest BCUT2D eigenvalue weighted by Gasteiger charge is -2.30. The fourth-order valence-electron chi connectivity index (χ4n) is 3.91. The summed E-state index contributed by atoms with van der Waals surface area (Å²) in [7, 11) is 0. The molecule has 0 bridgehead atoms. The topological polar surface area (TPSA) is 105 Å². The average Bonchev–Trinajstić information content (AvgIpc) is 3.28. The zero-order valence-electron chi connectivity index (χ0n) is 21.2. The van der Waals surface area contributed by atoms with Crippen LogP contribution in [0.1, 0.15) is 89.9 Å². The first-order chi connectivity index (χ1) is 15.4. The molecule has 2 aromatic rings. The Morgan fingerprint density at radius 1 is 1.21 bits per heavy atom. The molecule has 0 aliphatic heterocycles. The smallest absolute Gasteiger partial charge is 0.246 e. The summed E-state index contributed by atoms with van der Waals surface area (Å²) in [6.45, 7) is 16.0. The van der Waals surface area contributed by atoms with E-state index in [-0.39, 0.29) is 17.9 Å². The fraction of sp³-hybridized carbons (Fsp3) is 0.615. The number of aliphatic hydroxyl groups excluding tert-OH is 1. The number of aromatic nitrogens is 1. The monoisotopic (exact) mass is 460 g/mol. The van der Waals surface area contributed by atoms with E-state index in [0.29, 0.717) is 11.6 Å². The van der Waals surface area contributed by atoms with Crippen LogP contribution >= 0.6 is 0 Å². The number of aryl methyl sites for hydroxylation is 1. The van der Waals surface area contributed by atoms with E-state index in [1.807, 2.05) is 46.8 Å². The Morgan fingerprint density at radius 3 is 2.36 bits per heavy atom. The van der Waals surface area contributed by atoms with Gasteiger partial charge in [-0.2, -0.15) is 0 Å². The number of carbonyl (C=O) groups is 1. The Labute approximate surface area is 197 Å². The van der Waals surface area contributed by atoms with Crippen molar-refractivity contribution in [2.45, 2.75) is 85.7 Å². The lowest BCUT2D eigenvalue weighted by Crippen LogP contribution is -2.32. The van der Waals surface area contributed by atoms with Gasteiger partial charge in [0.15, 0.2) is 0 Å². The molecule has 0 aliphatic carbocycles. The van der Waals surface area contributed by atoms with E-state index in [2.05, 4.69) is 19.9 Å². The highest BCUT2D eigenvalue weighted by Gasteiger charge is 2.37. The van der Waals surface area contributed by atoms with Gasteiger partial charge in [-0.1, -0.05) is 60.6 Å². The predicted octanol–water partition coefficient (Wildman–Crippen LogP) is 5.12. The van der Waals surface area contributed by atoms with Crippen LogP contribution < -0.4 is 10.2 Å². The van der Waals surface area contributed by atoms with E-state index in [1.165, 1.54) is 0 Å². The summed E-state index contributed by atoms with van der Waals surface area (Å²) in [5.74, 6) is 0.239. The van der Waals surface area contributed by atoms with E-state index in [1.54, 1.807) is 18.7 Å². The number of oxazole rings is 1. The van der Waals surface area contributed by atoms with Gasteiger partial charge in [0.2, 0.25) is 11.8 Å². The van der Waals surface area contributed by atoms with Crippen LogP contribution in [0.4, 0.5) is 0 Å². The molecule has 0 saturated carbocycles. The lowest BCUT2D eigenvalue weighted by atomic mass is 9.75. The van der Waals surface area contributed by atoms with Gasteiger partial charge in [-0.25, -0.2) is 10.5 Å². The van der Waals surface area contributed by atoms with Crippen molar-refractivity contribution in [3.63, 3.8) is 0 Å². The van der Waals surface area contributed by atoms with Crippen LogP contribution in [0, 0.1) is 18.3 Å². The van der Waals surface area contributed by atoms with Gasteiger partial charge < -0.3 is 14.3 Å². The molecule has 7 nitrogen and oxygen atoms in total. The summed E-state index contributed by atoms with van der Waals surface area (Å²) in [6.07, 6.45) is 2.61. The predicted molar refractivity (Wildman–Crippen MR) is 128 cm³/mol. The van der Waals surface area contributed by atoms with Crippen molar-refractivity contribution in [2.75, 3.05) is 6.61 Å². The average molecular weight is 461 g/mol. The molecule has 7 heteroatoms. The zero-order chi connectivity index (χ0) is 25.0. The number of ether oxygens (including phenoxy) is 1. The Bertz CT molecular complexity index is 927. The van der Waals surface area contributed by atoms with Crippen molar-refractivity contribution in [2.24, 2.45) is 11.3 Å². The van der Waals surface area contributed by atoms with Crippen LogP contribution in [0.3, 0.4) is 0 Å². The number of benzene rings is 1. The molecule has 2 rings (SSSR count). The van der Waals surface area contributed by atoms with Gasteiger partial charge in [-0.05, 0) is 42.4 Å². The quantitative estimate of drug-likeness (QED) is 0.336. The second-order valence-electron chi connectivity index (χ2n) is 10.1. The minimum Gasteiger partial charge on any atom is -0.491 e. The molecule has 0 radical (unpaired) electrons. The van der Waals surface area contributed by atoms with Crippen molar-refractivity contribution in [1.82, 2.24) is 10.5 Å². The van der Waals surface area contributed by atoms with Crippen LogP contribution in [0.5, 0.6) is 5.75 Å². The van der Waals surface area contributed by atoms with E-state index in [0.717, 1.165) is 29.7 Å². The van der Waals surface area contributed by atoms with Gasteiger partial charge in [-0.15, -0.1) is 0 Å². The molecule has 0 fully saturated rings. The maximum atomic E-state index is 11.8. The Balaban J connectivity index is 2.33. The van der Waals surface area contributed by atoms with Crippen LogP contribution in [0.15, 0.2) is 28.9 Å². The summed E-state index contributed by atoms with van der Waals surface area (Å²) in [5.41, 5.74) is 3.78. The van der Waals surface area contributed by atoms with Crippen molar-refractivity contribution < 1.29 is 24.3 Å². The number of hydrogen-bond donors (Lipinski definition) is 3. The van der Waals surface area contributed by atoms with Gasteiger partial charge >= 0.3 is 0 Å². The first-order valence-electron chi connectivity index (χ1n) is 11.7.